The van der Waals surface area contributed by atoms with Crippen LogP contribution in [0.3, 0.4) is 0 Å². The van der Waals surface area contributed by atoms with Gasteiger partial charge in [0.2, 0.25) is 9.84 Å². The SMILES string of the molecule is C=C(c1ccc(OCc2ccccc2)cc1)S(=O)(=O)c1ccc(F)cc1. The van der Waals surface area contributed by atoms with Gasteiger partial charge in [0, 0.05) is 0 Å². The van der Waals surface area contributed by atoms with Crippen molar-refractivity contribution in [3.63, 3.8) is 0 Å². The van der Waals surface area contributed by atoms with Gasteiger partial charge in [0.05, 0.1) is 9.80 Å². The van der Waals surface area contributed by atoms with E-state index in [1.54, 1.807) is 24.3 Å². The summed E-state index contributed by atoms with van der Waals surface area (Å²) in [5.74, 6) is 0.138. The summed E-state index contributed by atoms with van der Waals surface area (Å²) in [4.78, 5) is -0.0352. The molecule has 132 valence electrons. The maximum atomic E-state index is 13.0. The van der Waals surface area contributed by atoms with Gasteiger partial charge in [-0.25, -0.2) is 12.8 Å². The molecule has 3 nitrogen and oxygen atoms in total. The van der Waals surface area contributed by atoms with E-state index in [0.717, 1.165) is 17.7 Å². The molecule has 0 heterocycles. The van der Waals surface area contributed by atoms with Crippen LogP contribution in [0.1, 0.15) is 11.1 Å². The van der Waals surface area contributed by atoms with Gasteiger partial charge < -0.3 is 4.74 Å². The minimum Gasteiger partial charge on any atom is -0.489 e. The van der Waals surface area contributed by atoms with Gasteiger partial charge in [0.1, 0.15) is 18.2 Å². The van der Waals surface area contributed by atoms with Crippen molar-refractivity contribution in [1.82, 2.24) is 0 Å². The maximum Gasteiger partial charge on any atom is 0.206 e. The zero-order valence-electron chi connectivity index (χ0n) is 13.9. The highest BCUT2D eigenvalue weighted by Crippen LogP contribution is 2.28. The Bertz CT molecular complexity index is 993. The molecule has 3 aromatic carbocycles. The van der Waals surface area contributed by atoms with E-state index in [4.69, 9.17) is 4.74 Å². The van der Waals surface area contributed by atoms with E-state index in [-0.39, 0.29) is 9.80 Å². The molecular weight excluding hydrogens is 351 g/mol. The second-order valence-corrected chi connectivity index (χ2v) is 7.65. The molecule has 0 saturated carbocycles. The van der Waals surface area contributed by atoms with Crippen LogP contribution in [0.25, 0.3) is 4.91 Å². The minimum atomic E-state index is -3.78. The first kappa shape index (κ1) is 17.9. The highest BCUT2D eigenvalue weighted by Gasteiger charge is 2.20. The summed E-state index contributed by atoms with van der Waals surface area (Å²) in [6.45, 7) is 4.12. The fraction of sp³-hybridized carbons (Fsp3) is 0.0476. The molecule has 5 heteroatoms. The summed E-state index contributed by atoms with van der Waals surface area (Å²) < 4.78 is 43.9. The van der Waals surface area contributed by atoms with E-state index in [0.29, 0.717) is 17.9 Å². The smallest absolute Gasteiger partial charge is 0.206 e. The predicted octanol–water partition coefficient (Wildman–Crippen LogP) is 4.85. The van der Waals surface area contributed by atoms with Gasteiger partial charge in [0.15, 0.2) is 0 Å². The first-order valence-electron chi connectivity index (χ1n) is 7.93. The summed E-state index contributed by atoms with van der Waals surface area (Å²) in [5, 5.41) is 0. The van der Waals surface area contributed by atoms with E-state index >= 15 is 0 Å². The first-order valence-corrected chi connectivity index (χ1v) is 9.42. The normalized spacial score (nSPS) is 11.1. The third-order valence-electron chi connectivity index (χ3n) is 3.87. The molecule has 0 N–H and O–H groups in total. The van der Waals surface area contributed by atoms with Crippen molar-refractivity contribution in [2.75, 3.05) is 0 Å². The zero-order chi connectivity index (χ0) is 18.6. The molecule has 0 aliphatic rings. The van der Waals surface area contributed by atoms with Crippen LogP contribution in [0.2, 0.25) is 0 Å². The number of benzene rings is 3. The van der Waals surface area contributed by atoms with Crippen LogP contribution in [0, 0.1) is 5.82 Å². The standard InChI is InChI=1S/C21H17FO3S/c1-16(26(23,24)21-13-9-19(22)10-14-21)18-7-11-20(12-8-18)25-15-17-5-3-2-4-6-17/h2-14H,1,15H2. The van der Waals surface area contributed by atoms with Crippen molar-refractivity contribution in [2.45, 2.75) is 11.5 Å². The molecule has 0 bridgehead atoms. The van der Waals surface area contributed by atoms with Crippen molar-refractivity contribution in [3.05, 3.63) is 102 Å². The molecule has 3 rings (SSSR count). The number of hydrogen-bond acceptors (Lipinski definition) is 3. The Balaban J connectivity index is 1.73. The lowest BCUT2D eigenvalue weighted by atomic mass is 10.2. The summed E-state index contributed by atoms with van der Waals surface area (Å²) in [5.41, 5.74) is 1.50. The van der Waals surface area contributed by atoms with Gasteiger partial charge in [-0.3, -0.25) is 0 Å². The Morgan fingerprint density at radius 2 is 1.50 bits per heavy atom. The second-order valence-electron chi connectivity index (χ2n) is 5.68. The van der Waals surface area contributed by atoms with Gasteiger partial charge in [-0.1, -0.05) is 49.0 Å². The fourth-order valence-electron chi connectivity index (χ4n) is 2.39. The van der Waals surface area contributed by atoms with Crippen LogP contribution in [0.15, 0.2) is 90.3 Å². The minimum absolute atomic E-state index is 0.00769. The van der Waals surface area contributed by atoms with E-state index in [2.05, 4.69) is 6.58 Å². The highest BCUT2D eigenvalue weighted by molar-refractivity contribution is 8.00. The third-order valence-corrected chi connectivity index (χ3v) is 5.65. The largest absolute Gasteiger partial charge is 0.489 e. The van der Waals surface area contributed by atoms with Gasteiger partial charge in [-0.15, -0.1) is 0 Å². The molecular formula is C21H17FO3S. The van der Waals surface area contributed by atoms with Gasteiger partial charge in [0.25, 0.3) is 0 Å². The number of rotatable bonds is 6. The van der Waals surface area contributed by atoms with Crippen LogP contribution in [0.5, 0.6) is 5.75 Å². The lowest BCUT2D eigenvalue weighted by Gasteiger charge is -2.10. The average molecular weight is 368 g/mol. The number of ether oxygens (including phenoxy) is 1. The average Bonchev–Trinajstić information content (AvgIpc) is 2.67. The molecule has 0 radical (unpaired) electrons. The van der Waals surface area contributed by atoms with Crippen molar-refractivity contribution in [1.29, 1.82) is 0 Å². The summed E-state index contributed by atoms with van der Waals surface area (Å²) in [7, 11) is -3.78. The van der Waals surface area contributed by atoms with Crippen molar-refractivity contribution >= 4 is 14.7 Å². The van der Waals surface area contributed by atoms with Crippen molar-refractivity contribution in [2.24, 2.45) is 0 Å². The molecule has 26 heavy (non-hydrogen) atoms. The Kier molecular flexibility index (Phi) is 5.19. The van der Waals surface area contributed by atoms with Crippen LogP contribution in [-0.4, -0.2) is 8.42 Å². The monoisotopic (exact) mass is 368 g/mol. The quantitative estimate of drug-likeness (QED) is 0.584. The molecule has 0 aliphatic heterocycles. The Morgan fingerprint density at radius 1 is 0.885 bits per heavy atom. The molecule has 0 aromatic heterocycles. The highest BCUT2D eigenvalue weighted by atomic mass is 32.2. The Labute approximate surface area is 152 Å². The van der Waals surface area contributed by atoms with E-state index in [1.165, 1.54) is 12.1 Å². The molecule has 0 spiro atoms. The lowest BCUT2D eigenvalue weighted by molar-refractivity contribution is 0.306. The first-order chi connectivity index (χ1) is 12.5. The van der Waals surface area contributed by atoms with Crippen LogP contribution < -0.4 is 4.74 Å². The van der Waals surface area contributed by atoms with Gasteiger partial charge >= 0.3 is 0 Å². The Hall–Kier alpha value is -2.92. The van der Waals surface area contributed by atoms with Crippen molar-refractivity contribution < 1.29 is 17.5 Å². The van der Waals surface area contributed by atoms with E-state index < -0.39 is 15.7 Å². The Morgan fingerprint density at radius 3 is 2.12 bits per heavy atom. The predicted molar refractivity (Wildman–Crippen MR) is 99.8 cm³/mol. The maximum absolute atomic E-state index is 13.0. The summed E-state index contributed by atoms with van der Waals surface area (Å²) >= 11 is 0. The fourth-order valence-corrected chi connectivity index (χ4v) is 3.61. The van der Waals surface area contributed by atoms with Crippen LogP contribution in [-0.2, 0) is 16.4 Å². The molecule has 0 atom stereocenters. The van der Waals surface area contributed by atoms with Gasteiger partial charge in [-0.2, -0.15) is 0 Å². The number of halogens is 1. The number of sulfone groups is 1. The van der Waals surface area contributed by atoms with Crippen LogP contribution in [0.4, 0.5) is 4.39 Å². The number of hydrogen-bond donors (Lipinski definition) is 0. The topological polar surface area (TPSA) is 43.4 Å². The van der Waals surface area contributed by atoms with Crippen LogP contribution >= 0.6 is 0 Å². The second kappa shape index (κ2) is 7.54. The summed E-state index contributed by atoms with van der Waals surface area (Å²) in [6, 6.07) is 21.1. The third kappa shape index (κ3) is 4.00. The summed E-state index contributed by atoms with van der Waals surface area (Å²) in [6.07, 6.45) is 0. The van der Waals surface area contributed by atoms with Crippen molar-refractivity contribution in [3.8, 4) is 5.75 Å². The lowest BCUT2D eigenvalue weighted by Crippen LogP contribution is -2.03. The molecule has 0 aliphatic carbocycles. The molecule has 0 unspecified atom stereocenters. The molecule has 0 saturated heterocycles. The van der Waals surface area contributed by atoms with Gasteiger partial charge in [-0.05, 0) is 47.5 Å². The van der Waals surface area contributed by atoms with E-state index in [1.807, 2.05) is 30.3 Å². The molecule has 0 amide bonds. The molecule has 3 aromatic rings. The molecule has 0 fully saturated rings. The van der Waals surface area contributed by atoms with E-state index in [9.17, 15) is 12.8 Å². The zero-order valence-corrected chi connectivity index (χ0v) is 14.7.